The summed E-state index contributed by atoms with van der Waals surface area (Å²) in [6, 6.07) is 5.87. The molecule has 0 radical (unpaired) electrons. The molecule has 0 aliphatic carbocycles. The zero-order chi connectivity index (χ0) is 21.3. The highest BCUT2D eigenvalue weighted by atomic mass is 32.2. The van der Waals surface area contributed by atoms with Crippen LogP contribution in [0, 0.1) is 11.8 Å². The van der Waals surface area contributed by atoms with Crippen LogP contribution in [0.25, 0.3) is 0 Å². The largest absolute Gasteiger partial charge is 0.405 e. The van der Waals surface area contributed by atoms with Gasteiger partial charge in [-0.05, 0) is 55.4 Å². The van der Waals surface area contributed by atoms with Gasteiger partial charge in [-0.2, -0.15) is 4.31 Å². The van der Waals surface area contributed by atoms with E-state index in [2.05, 4.69) is 29.4 Å². The van der Waals surface area contributed by atoms with Crippen molar-refractivity contribution in [3.63, 3.8) is 0 Å². The summed E-state index contributed by atoms with van der Waals surface area (Å²) in [4.78, 5) is 12.6. The minimum atomic E-state index is -3.59. The Kier molecular flexibility index (Phi) is 5.90. The van der Waals surface area contributed by atoms with Crippen LogP contribution in [0.4, 0.5) is 6.01 Å². The van der Waals surface area contributed by atoms with Crippen molar-refractivity contribution in [1.29, 1.82) is 0 Å². The van der Waals surface area contributed by atoms with Gasteiger partial charge >= 0.3 is 6.01 Å². The summed E-state index contributed by atoms with van der Waals surface area (Å²) in [6.07, 6.45) is 2.53. The molecular weight excluding hydrogens is 408 g/mol. The standard InChI is InChI=1S/C20H26N4O5S/c1-13-10-14(2)12-24(11-13)30(26,27)16-7-5-15(6-8-16)18(25)21-20-23-22-19(29-20)17-4-3-9-28-17/h5-8,13-14,17H,3-4,9-12H2,1-2H3,(H,21,23,25)/t13-,14-,17-/m0/s1. The van der Waals surface area contributed by atoms with Crippen LogP contribution in [-0.2, 0) is 14.8 Å². The third kappa shape index (κ3) is 4.40. The van der Waals surface area contributed by atoms with Crippen LogP contribution in [0.1, 0.15) is 55.5 Å². The van der Waals surface area contributed by atoms with Crippen LogP contribution >= 0.6 is 0 Å². The quantitative estimate of drug-likeness (QED) is 0.769. The summed E-state index contributed by atoms with van der Waals surface area (Å²) < 4.78 is 38.4. The maximum Gasteiger partial charge on any atom is 0.322 e. The lowest BCUT2D eigenvalue weighted by molar-refractivity contribution is 0.0893. The van der Waals surface area contributed by atoms with Crippen molar-refractivity contribution in [3.05, 3.63) is 35.7 Å². The minimum absolute atomic E-state index is 0.0153. The van der Waals surface area contributed by atoms with Gasteiger partial charge in [0, 0.05) is 25.3 Å². The molecule has 4 rings (SSSR count). The molecule has 1 N–H and O–H groups in total. The second-order valence-corrected chi connectivity index (χ2v) is 10.1. The van der Waals surface area contributed by atoms with Gasteiger partial charge < -0.3 is 9.15 Å². The van der Waals surface area contributed by atoms with Gasteiger partial charge in [0.1, 0.15) is 6.10 Å². The Hall–Kier alpha value is -2.30. The van der Waals surface area contributed by atoms with Gasteiger partial charge in [0.05, 0.1) is 4.90 Å². The van der Waals surface area contributed by atoms with Crippen LogP contribution in [0.15, 0.2) is 33.6 Å². The monoisotopic (exact) mass is 434 g/mol. The van der Waals surface area contributed by atoms with Crippen molar-refractivity contribution in [2.45, 2.75) is 44.1 Å². The number of piperidine rings is 1. The van der Waals surface area contributed by atoms with E-state index in [4.69, 9.17) is 9.15 Å². The second kappa shape index (κ2) is 8.44. The van der Waals surface area contributed by atoms with Crippen molar-refractivity contribution in [2.24, 2.45) is 11.8 Å². The molecule has 0 unspecified atom stereocenters. The average molecular weight is 435 g/mol. The van der Waals surface area contributed by atoms with Crippen LogP contribution in [0.3, 0.4) is 0 Å². The number of hydrogen-bond donors (Lipinski definition) is 1. The zero-order valence-corrected chi connectivity index (χ0v) is 17.9. The van der Waals surface area contributed by atoms with Gasteiger partial charge in [0.2, 0.25) is 15.9 Å². The lowest BCUT2D eigenvalue weighted by Gasteiger charge is -2.34. The number of carbonyl (C=O) groups excluding carboxylic acids is 1. The van der Waals surface area contributed by atoms with E-state index in [1.165, 1.54) is 28.6 Å². The van der Waals surface area contributed by atoms with E-state index >= 15 is 0 Å². The molecule has 1 aromatic carbocycles. The van der Waals surface area contributed by atoms with Crippen molar-refractivity contribution in [1.82, 2.24) is 14.5 Å². The SMILES string of the molecule is C[C@H]1C[C@H](C)CN(S(=O)(=O)c2ccc(C(=O)Nc3nnc([C@@H]4CCCO4)o3)cc2)C1. The van der Waals surface area contributed by atoms with Crippen LogP contribution in [0.5, 0.6) is 0 Å². The normalized spacial score (nSPS) is 25.3. The lowest BCUT2D eigenvalue weighted by atomic mass is 9.94. The van der Waals surface area contributed by atoms with Crippen LogP contribution < -0.4 is 5.32 Å². The maximum absolute atomic E-state index is 13.0. The Bertz CT molecular complexity index is 988. The second-order valence-electron chi connectivity index (χ2n) is 8.19. The zero-order valence-electron chi connectivity index (χ0n) is 17.1. The van der Waals surface area contributed by atoms with E-state index in [0.717, 1.165) is 19.3 Å². The van der Waals surface area contributed by atoms with E-state index in [-0.39, 0.29) is 17.0 Å². The van der Waals surface area contributed by atoms with Crippen LogP contribution in [-0.4, -0.2) is 48.5 Å². The van der Waals surface area contributed by atoms with E-state index in [9.17, 15) is 13.2 Å². The fourth-order valence-corrected chi connectivity index (χ4v) is 5.77. The topological polar surface area (TPSA) is 115 Å². The molecule has 1 amide bonds. The summed E-state index contributed by atoms with van der Waals surface area (Å²) in [5.74, 6) is 0.529. The number of aromatic nitrogens is 2. The fourth-order valence-electron chi connectivity index (χ4n) is 4.09. The highest BCUT2D eigenvalue weighted by Crippen LogP contribution is 2.29. The number of hydrogen-bond acceptors (Lipinski definition) is 7. The van der Waals surface area contributed by atoms with Gasteiger partial charge in [-0.25, -0.2) is 8.42 Å². The number of ether oxygens (including phenoxy) is 1. The summed E-state index contributed by atoms with van der Waals surface area (Å²) in [5.41, 5.74) is 0.297. The first-order valence-corrected chi connectivity index (χ1v) is 11.6. The molecule has 10 heteroatoms. The summed E-state index contributed by atoms with van der Waals surface area (Å²) in [7, 11) is -3.59. The van der Waals surface area contributed by atoms with E-state index < -0.39 is 15.9 Å². The first-order chi connectivity index (χ1) is 14.3. The number of nitrogens with zero attached hydrogens (tertiary/aromatic N) is 3. The first-order valence-electron chi connectivity index (χ1n) is 10.2. The van der Waals surface area contributed by atoms with E-state index in [1.54, 1.807) is 0 Å². The molecule has 1 aromatic heterocycles. The van der Waals surface area contributed by atoms with Crippen molar-refractivity contribution in [2.75, 3.05) is 25.0 Å². The van der Waals surface area contributed by atoms with Gasteiger partial charge in [0.25, 0.3) is 5.91 Å². The molecule has 2 fully saturated rings. The average Bonchev–Trinajstić information content (AvgIpc) is 3.39. The molecule has 0 spiro atoms. The Morgan fingerprint density at radius 2 is 1.83 bits per heavy atom. The minimum Gasteiger partial charge on any atom is -0.405 e. The third-order valence-electron chi connectivity index (χ3n) is 5.46. The summed E-state index contributed by atoms with van der Waals surface area (Å²) in [6.45, 7) is 5.80. The van der Waals surface area contributed by atoms with Gasteiger partial charge in [-0.1, -0.05) is 18.9 Å². The predicted octanol–water partition coefficient (Wildman–Crippen LogP) is 2.84. The highest BCUT2D eigenvalue weighted by molar-refractivity contribution is 7.89. The number of anilines is 1. The molecule has 2 aliphatic heterocycles. The van der Waals surface area contributed by atoms with Crippen molar-refractivity contribution in [3.8, 4) is 0 Å². The first kappa shape index (κ1) is 21.0. The van der Waals surface area contributed by atoms with E-state index in [1.807, 2.05) is 0 Å². The highest BCUT2D eigenvalue weighted by Gasteiger charge is 2.31. The van der Waals surface area contributed by atoms with Gasteiger partial charge in [-0.15, -0.1) is 5.10 Å². The number of benzene rings is 1. The molecular formula is C20H26N4O5S. The summed E-state index contributed by atoms with van der Waals surface area (Å²) in [5, 5.41) is 10.3. The van der Waals surface area contributed by atoms with Gasteiger partial charge in [-0.3, -0.25) is 10.1 Å². The van der Waals surface area contributed by atoms with Gasteiger partial charge in [0.15, 0.2) is 0 Å². The molecule has 2 aromatic rings. The number of nitrogens with one attached hydrogen (secondary N) is 1. The Labute approximate surface area is 175 Å². The lowest BCUT2D eigenvalue weighted by Crippen LogP contribution is -2.42. The third-order valence-corrected chi connectivity index (χ3v) is 7.30. The molecule has 3 heterocycles. The Morgan fingerprint density at radius 3 is 2.47 bits per heavy atom. The Morgan fingerprint density at radius 1 is 1.13 bits per heavy atom. The molecule has 9 nitrogen and oxygen atoms in total. The summed E-state index contributed by atoms with van der Waals surface area (Å²) >= 11 is 0. The molecule has 30 heavy (non-hydrogen) atoms. The van der Waals surface area contributed by atoms with Crippen LogP contribution in [0.2, 0.25) is 0 Å². The number of carbonyl (C=O) groups is 1. The predicted molar refractivity (Wildman–Crippen MR) is 108 cm³/mol. The molecule has 2 saturated heterocycles. The smallest absolute Gasteiger partial charge is 0.322 e. The molecule has 162 valence electrons. The number of sulfonamides is 1. The van der Waals surface area contributed by atoms with Crippen molar-refractivity contribution < 1.29 is 22.4 Å². The van der Waals surface area contributed by atoms with Crippen molar-refractivity contribution >= 4 is 21.9 Å². The number of amides is 1. The number of rotatable bonds is 5. The van der Waals surface area contributed by atoms with E-state index in [0.29, 0.717) is 43.0 Å². The Balaban J connectivity index is 1.43. The maximum atomic E-state index is 13.0. The molecule has 0 bridgehead atoms. The molecule has 3 atom stereocenters. The molecule has 2 aliphatic rings. The molecule has 0 saturated carbocycles. The fraction of sp³-hybridized carbons (Fsp3) is 0.550.